The average Bonchev–Trinajstić information content (AvgIpc) is 3.07. The first kappa shape index (κ1) is 17.6. The summed E-state index contributed by atoms with van der Waals surface area (Å²) in [6.45, 7) is 0.165. The molecule has 0 unspecified atom stereocenters. The molecule has 0 saturated heterocycles. The summed E-state index contributed by atoms with van der Waals surface area (Å²) in [7, 11) is 3.83. The average molecular weight is 331 g/mol. The Labute approximate surface area is 140 Å². The maximum Gasteiger partial charge on any atom is 0.255 e. The van der Waals surface area contributed by atoms with E-state index in [1.807, 2.05) is 31.1 Å². The summed E-state index contributed by atoms with van der Waals surface area (Å²) >= 11 is 0. The second kappa shape index (κ2) is 8.16. The van der Waals surface area contributed by atoms with Gasteiger partial charge in [-0.1, -0.05) is 6.07 Å². The van der Waals surface area contributed by atoms with E-state index in [1.54, 1.807) is 30.5 Å². The van der Waals surface area contributed by atoms with Gasteiger partial charge in [-0.3, -0.25) is 14.5 Å². The van der Waals surface area contributed by atoms with Gasteiger partial charge in [0, 0.05) is 12.1 Å². The van der Waals surface area contributed by atoms with Gasteiger partial charge >= 0.3 is 0 Å². The molecule has 0 spiro atoms. The molecule has 2 rings (SSSR count). The molecule has 24 heavy (non-hydrogen) atoms. The zero-order chi connectivity index (χ0) is 17.5. The fourth-order valence-corrected chi connectivity index (χ4v) is 2.19. The lowest BCUT2D eigenvalue weighted by molar-refractivity contribution is -0.119. The van der Waals surface area contributed by atoms with Crippen molar-refractivity contribution in [2.45, 2.75) is 6.04 Å². The number of carbonyl (C=O) groups is 2. The molecule has 0 bridgehead atoms. The first-order valence-corrected chi connectivity index (χ1v) is 7.46. The predicted molar refractivity (Wildman–Crippen MR) is 88.6 cm³/mol. The van der Waals surface area contributed by atoms with E-state index in [4.69, 9.17) is 14.9 Å². The van der Waals surface area contributed by atoms with Gasteiger partial charge in [0.1, 0.15) is 11.5 Å². The Balaban J connectivity index is 1.99. The van der Waals surface area contributed by atoms with Crippen molar-refractivity contribution >= 4 is 11.8 Å². The quantitative estimate of drug-likeness (QED) is 0.757. The Hall–Kier alpha value is -2.80. The van der Waals surface area contributed by atoms with Crippen LogP contribution in [0, 0.1) is 0 Å². The molecule has 0 aliphatic rings. The summed E-state index contributed by atoms with van der Waals surface area (Å²) < 4.78 is 10.6. The lowest BCUT2D eigenvalue weighted by atomic mass is 10.1. The van der Waals surface area contributed by atoms with E-state index in [1.165, 1.54) is 0 Å². The molecule has 2 amide bonds. The highest BCUT2D eigenvalue weighted by Crippen LogP contribution is 2.18. The van der Waals surface area contributed by atoms with Gasteiger partial charge in [0.2, 0.25) is 0 Å². The van der Waals surface area contributed by atoms with E-state index >= 15 is 0 Å². The van der Waals surface area contributed by atoms with Crippen LogP contribution in [0.4, 0.5) is 0 Å². The Morgan fingerprint density at radius 1 is 1.29 bits per heavy atom. The number of nitrogens with two attached hydrogens (primary N) is 1. The van der Waals surface area contributed by atoms with Gasteiger partial charge < -0.3 is 20.2 Å². The second-order valence-electron chi connectivity index (χ2n) is 5.49. The summed E-state index contributed by atoms with van der Waals surface area (Å²) in [6, 6.07) is 10.2. The maximum atomic E-state index is 12.3. The van der Waals surface area contributed by atoms with Crippen LogP contribution in [0.3, 0.4) is 0 Å². The van der Waals surface area contributed by atoms with Crippen LogP contribution >= 0.6 is 0 Å². The fraction of sp³-hybridized carbons (Fsp3) is 0.294. The third-order valence-electron chi connectivity index (χ3n) is 3.43. The molecule has 7 heteroatoms. The number of amides is 2. The Morgan fingerprint density at radius 3 is 2.71 bits per heavy atom. The highest BCUT2D eigenvalue weighted by molar-refractivity contribution is 5.94. The molecule has 1 heterocycles. The van der Waals surface area contributed by atoms with Gasteiger partial charge in [-0.2, -0.15) is 0 Å². The molecule has 1 aromatic heterocycles. The molecule has 0 aliphatic carbocycles. The number of furan rings is 1. The lowest BCUT2D eigenvalue weighted by Gasteiger charge is -2.22. The molecular formula is C17H21N3O4. The van der Waals surface area contributed by atoms with E-state index in [-0.39, 0.29) is 18.6 Å². The highest BCUT2D eigenvalue weighted by atomic mass is 16.5. The molecular weight excluding hydrogens is 310 g/mol. The SMILES string of the molecule is CN(C)[C@@H](CNC(=O)c1cccc(OCC(N)=O)c1)c1ccco1. The normalized spacial score (nSPS) is 12.0. The van der Waals surface area contributed by atoms with Gasteiger partial charge in [0.25, 0.3) is 11.8 Å². The largest absolute Gasteiger partial charge is 0.484 e. The summed E-state index contributed by atoms with van der Waals surface area (Å²) in [6.07, 6.45) is 1.60. The van der Waals surface area contributed by atoms with Crippen LogP contribution in [0.15, 0.2) is 47.1 Å². The minimum Gasteiger partial charge on any atom is -0.484 e. The summed E-state index contributed by atoms with van der Waals surface area (Å²) in [5.74, 6) is 0.380. The number of nitrogens with one attached hydrogen (secondary N) is 1. The number of primary amides is 1. The lowest BCUT2D eigenvalue weighted by Crippen LogP contribution is -2.34. The first-order valence-electron chi connectivity index (χ1n) is 7.46. The standard InChI is InChI=1S/C17H21N3O4/c1-20(2)14(15-7-4-8-23-15)10-19-17(22)12-5-3-6-13(9-12)24-11-16(18)21/h3-9,14H,10-11H2,1-2H3,(H2,18,21)(H,19,22)/t14-/m0/s1. The number of rotatable bonds is 8. The third kappa shape index (κ3) is 4.85. The van der Waals surface area contributed by atoms with Gasteiger partial charge in [-0.15, -0.1) is 0 Å². The smallest absolute Gasteiger partial charge is 0.255 e. The molecule has 0 saturated carbocycles. The van der Waals surface area contributed by atoms with Crippen LogP contribution in [-0.2, 0) is 4.79 Å². The van der Waals surface area contributed by atoms with E-state index < -0.39 is 5.91 Å². The van der Waals surface area contributed by atoms with Crippen LogP contribution in [0.25, 0.3) is 0 Å². The van der Waals surface area contributed by atoms with Crippen LogP contribution in [0.2, 0.25) is 0 Å². The van der Waals surface area contributed by atoms with Crippen molar-refractivity contribution in [3.63, 3.8) is 0 Å². The molecule has 7 nitrogen and oxygen atoms in total. The van der Waals surface area contributed by atoms with E-state index in [0.29, 0.717) is 17.9 Å². The number of hydrogen-bond acceptors (Lipinski definition) is 5. The van der Waals surface area contributed by atoms with Crippen LogP contribution in [0.1, 0.15) is 22.2 Å². The highest BCUT2D eigenvalue weighted by Gasteiger charge is 2.18. The van der Waals surface area contributed by atoms with Crippen LogP contribution < -0.4 is 15.8 Å². The molecule has 0 aliphatic heterocycles. The van der Waals surface area contributed by atoms with Crippen molar-refractivity contribution in [3.8, 4) is 5.75 Å². The van der Waals surface area contributed by atoms with E-state index in [9.17, 15) is 9.59 Å². The monoisotopic (exact) mass is 331 g/mol. The summed E-state index contributed by atoms with van der Waals surface area (Å²) in [4.78, 5) is 25.0. The molecule has 0 fully saturated rings. The van der Waals surface area contributed by atoms with Gasteiger partial charge in [0.15, 0.2) is 6.61 Å². The minimum atomic E-state index is -0.572. The maximum absolute atomic E-state index is 12.3. The first-order chi connectivity index (χ1) is 11.5. The molecule has 1 aromatic carbocycles. The van der Waals surface area contributed by atoms with E-state index in [2.05, 4.69) is 5.32 Å². The van der Waals surface area contributed by atoms with Crippen molar-refractivity contribution in [2.24, 2.45) is 5.73 Å². The van der Waals surface area contributed by atoms with E-state index in [0.717, 1.165) is 5.76 Å². The van der Waals surface area contributed by atoms with Gasteiger partial charge in [-0.05, 0) is 44.4 Å². The molecule has 3 N–H and O–H groups in total. The zero-order valence-corrected chi connectivity index (χ0v) is 13.7. The fourth-order valence-electron chi connectivity index (χ4n) is 2.19. The molecule has 2 aromatic rings. The van der Waals surface area contributed by atoms with Crippen molar-refractivity contribution in [3.05, 3.63) is 54.0 Å². The van der Waals surface area contributed by atoms with Gasteiger partial charge in [-0.25, -0.2) is 0 Å². The number of benzene rings is 1. The predicted octanol–water partition coefficient (Wildman–Crippen LogP) is 1.18. The van der Waals surface area contributed by atoms with Crippen molar-refractivity contribution in [1.29, 1.82) is 0 Å². The van der Waals surface area contributed by atoms with Crippen molar-refractivity contribution in [2.75, 3.05) is 27.2 Å². The van der Waals surface area contributed by atoms with Crippen molar-refractivity contribution < 1.29 is 18.7 Å². The number of carbonyl (C=O) groups excluding carboxylic acids is 2. The van der Waals surface area contributed by atoms with Gasteiger partial charge in [0.05, 0.1) is 12.3 Å². The Morgan fingerprint density at radius 2 is 2.08 bits per heavy atom. The summed E-state index contributed by atoms with van der Waals surface area (Å²) in [5.41, 5.74) is 5.48. The van der Waals surface area contributed by atoms with Crippen LogP contribution in [0.5, 0.6) is 5.75 Å². The number of nitrogens with zero attached hydrogens (tertiary/aromatic N) is 1. The Kier molecular flexibility index (Phi) is 5.97. The third-order valence-corrected chi connectivity index (χ3v) is 3.43. The molecule has 0 radical (unpaired) electrons. The number of likely N-dealkylation sites (N-methyl/N-ethyl adjacent to an activating group) is 1. The van der Waals surface area contributed by atoms with Crippen LogP contribution in [-0.4, -0.2) is 44.0 Å². The summed E-state index contributed by atoms with van der Waals surface area (Å²) in [5, 5.41) is 2.87. The molecule has 128 valence electrons. The minimum absolute atomic E-state index is 0.0711. The topological polar surface area (TPSA) is 97.8 Å². The Bertz CT molecular complexity index is 683. The number of hydrogen-bond donors (Lipinski definition) is 2. The molecule has 1 atom stereocenters. The second-order valence-corrected chi connectivity index (χ2v) is 5.49. The van der Waals surface area contributed by atoms with Crippen molar-refractivity contribution in [1.82, 2.24) is 10.2 Å². The zero-order valence-electron chi connectivity index (χ0n) is 13.7. The number of ether oxygens (including phenoxy) is 1.